The number of benzene rings is 1. The topological polar surface area (TPSA) is 110 Å². The predicted octanol–water partition coefficient (Wildman–Crippen LogP) is 3.70. The van der Waals surface area contributed by atoms with Crippen LogP contribution in [0.15, 0.2) is 41.1 Å². The summed E-state index contributed by atoms with van der Waals surface area (Å²) in [5, 5.41) is 15.5. The number of hydrogen-bond donors (Lipinski definition) is 2. The Morgan fingerprint density at radius 2 is 2.06 bits per heavy atom. The number of aromatic nitrogens is 3. The summed E-state index contributed by atoms with van der Waals surface area (Å²) in [5.74, 6) is 1.03. The molecule has 1 saturated heterocycles. The second-order valence-corrected chi connectivity index (χ2v) is 8.67. The van der Waals surface area contributed by atoms with Crippen molar-refractivity contribution in [1.29, 1.82) is 0 Å². The summed E-state index contributed by atoms with van der Waals surface area (Å²) >= 11 is 0. The number of fused-ring (bicyclic) bond motifs is 2. The molecule has 32 heavy (non-hydrogen) atoms. The van der Waals surface area contributed by atoms with E-state index in [4.69, 9.17) is 9.15 Å². The lowest BCUT2D eigenvalue weighted by Gasteiger charge is -2.20. The summed E-state index contributed by atoms with van der Waals surface area (Å²) in [4.78, 5) is 25.8. The molecule has 6 rings (SSSR count). The Kier molecular flexibility index (Phi) is 4.28. The van der Waals surface area contributed by atoms with Gasteiger partial charge in [0.05, 0.1) is 12.2 Å². The van der Waals surface area contributed by atoms with Gasteiger partial charge >= 0.3 is 0 Å². The molecule has 2 aliphatic rings. The third-order valence-electron chi connectivity index (χ3n) is 6.33. The number of oxazole rings is 1. The summed E-state index contributed by atoms with van der Waals surface area (Å²) in [6.07, 6.45) is 5.87. The van der Waals surface area contributed by atoms with E-state index in [2.05, 4.69) is 20.3 Å². The molecule has 1 unspecified atom stereocenters. The zero-order valence-corrected chi connectivity index (χ0v) is 17.6. The highest BCUT2D eigenvalue weighted by atomic mass is 16.5. The molecule has 3 aromatic heterocycles. The van der Waals surface area contributed by atoms with Crippen molar-refractivity contribution in [3.05, 3.63) is 47.9 Å². The standard InChI is InChI=1S/C24H22N4O4/c1-13-17-10-26-21(28-22(29)14-2-3-14)9-16(17)18(11-25-13)23-27-19-8-15(4-5-20(19)32-23)24(30)6-7-31-12-24/h4-5,8-11,14,30H,2-3,6-7,12H2,1H3,(H,26,28,29). The molecule has 1 aliphatic heterocycles. The van der Waals surface area contributed by atoms with Crippen molar-refractivity contribution in [2.45, 2.75) is 31.8 Å². The first-order chi connectivity index (χ1) is 15.5. The number of hydrogen-bond acceptors (Lipinski definition) is 7. The van der Waals surface area contributed by atoms with Crippen LogP contribution in [-0.4, -0.2) is 39.2 Å². The Morgan fingerprint density at radius 3 is 2.84 bits per heavy atom. The lowest BCUT2D eigenvalue weighted by Crippen LogP contribution is -2.25. The van der Waals surface area contributed by atoms with E-state index < -0.39 is 5.60 Å². The zero-order chi connectivity index (χ0) is 21.9. The van der Waals surface area contributed by atoms with Crippen LogP contribution in [-0.2, 0) is 15.1 Å². The van der Waals surface area contributed by atoms with Gasteiger partial charge in [0.2, 0.25) is 11.8 Å². The highest BCUT2D eigenvalue weighted by Crippen LogP contribution is 2.36. The van der Waals surface area contributed by atoms with Gasteiger partial charge in [0.1, 0.15) is 16.9 Å². The molecule has 0 radical (unpaired) electrons. The number of anilines is 1. The number of nitrogens with zero attached hydrogens (tertiary/aromatic N) is 3. The number of carbonyl (C=O) groups excluding carboxylic acids is 1. The van der Waals surface area contributed by atoms with E-state index in [9.17, 15) is 9.90 Å². The van der Waals surface area contributed by atoms with E-state index in [0.29, 0.717) is 35.8 Å². The number of pyridine rings is 2. The second-order valence-electron chi connectivity index (χ2n) is 8.67. The van der Waals surface area contributed by atoms with E-state index in [1.165, 1.54) is 0 Å². The highest BCUT2D eigenvalue weighted by Gasteiger charge is 2.34. The van der Waals surface area contributed by atoms with Crippen LogP contribution in [0.2, 0.25) is 0 Å². The lowest BCUT2D eigenvalue weighted by molar-refractivity contribution is -0.117. The molecule has 1 atom stereocenters. The van der Waals surface area contributed by atoms with Crippen LogP contribution in [0, 0.1) is 12.8 Å². The first-order valence-corrected chi connectivity index (χ1v) is 10.8. The highest BCUT2D eigenvalue weighted by molar-refractivity contribution is 6.00. The number of carbonyl (C=O) groups is 1. The lowest BCUT2D eigenvalue weighted by atomic mass is 9.93. The maximum atomic E-state index is 12.2. The number of rotatable bonds is 4. The van der Waals surface area contributed by atoms with Crippen LogP contribution in [0.5, 0.6) is 0 Å². The normalized spacial score (nSPS) is 20.8. The van der Waals surface area contributed by atoms with Crippen LogP contribution in [0.25, 0.3) is 33.3 Å². The van der Waals surface area contributed by atoms with Gasteiger partial charge in [-0.25, -0.2) is 9.97 Å². The average molecular weight is 430 g/mol. The molecule has 1 saturated carbocycles. The maximum absolute atomic E-state index is 12.2. The number of amides is 1. The number of ether oxygens (including phenoxy) is 1. The third kappa shape index (κ3) is 3.23. The summed E-state index contributed by atoms with van der Waals surface area (Å²) in [6, 6.07) is 7.37. The molecule has 8 nitrogen and oxygen atoms in total. The van der Waals surface area contributed by atoms with Crippen LogP contribution >= 0.6 is 0 Å². The molecule has 4 heterocycles. The van der Waals surface area contributed by atoms with Crippen LogP contribution in [0.1, 0.15) is 30.5 Å². The summed E-state index contributed by atoms with van der Waals surface area (Å²) in [5.41, 5.74) is 2.60. The van der Waals surface area contributed by atoms with Gasteiger partial charge in [-0.2, -0.15) is 0 Å². The fraction of sp³-hybridized carbons (Fsp3) is 0.333. The minimum absolute atomic E-state index is 0.00685. The molecule has 1 aliphatic carbocycles. The number of aliphatic hydroxyl groups is 1. The number of nitrogens with one attached hydrogen (secondary N) is 1. The van der Waals surface area contributed by atoms with Crippen molar-refractivity contribution in [1.82, 2.24) is 15.0 Å². The van der Waals surface area contributed by atoms with Crippen molar-refractivity contribution in [2.24, 2.45) is 5.92 Å². The monoisotopic (exact) mass is 430 g/mol. The van der Waals surface area contributed by atoms with Gasteiger partial charge in [-0.05, 0) is 43.5 Å². The Morgan fingerprint density at radius 1 is 1.19 bits per heavy atom. The molecule has 2 N–H and O–H groups in total. The molecule has 1 amide bonds. The van der Waals surface area contributed by atoms with E-state index in [1.54, 1.807) is 12.4 Å². The van der Waals surface area contributed by atoms with Crippen molar-refractivity contribution >= 4 is 33.6 Å². The Hall–Kier alpha value is -3.36. The quantitative estimate of drug-likeness (QED) is 0.508. The summed E-state index contributed by atoms with van der Waals surface area (Å²) in [7, 11) is 0. The molecular formula is C24H22N4O4. The Labute approximate surface area is 183 Å². The van der Waals surface area contributed by atoms with Crippen molar-refractivity contribution in [3.8, 4) is 11.5 Å². The molecular weight excluding hydrogens is 408 g/mol. The van der Waals surface area contributed by atoms with E-state index >= 15 is 0 Å². The Balaban J connectivity index is 1.43. The number of aryl methyl sites for hydroxylation is 1. The molecule has 0 bridgehead atoms. The van der Waals surface area contributed by atoms with Gasteiger partial charge < -0.3 is 19.6 Å². The van der Waals surface area contributed by atoms with Crippen LogP contribution in [0.4, 0.5) is 5.82 Å². The van der Waals surface area contributed by atoms with Crippen LogP contribution in [0.3, 0.4) is 0 Å². The predicted molar refractivity (Wildman–Crippen MR) is 118 cm³/mol. The van der Waals surface area contributed by atoms with Gasteiger partial charge in [-0.3, -0.25) is 9.78 Å². The molecule has 0 spiro atoms. The van der Waals surface area contributed by atoms with Gasteiger partial charge in [0.15, 0.2) is 5.58 Å². The fourth-order valence-electron chi connectivity index (χ4n) is 4.19. The zero-order valence-electron chi connectivity index (χ0n) is 17.6. The second kappa shape index (κ2) is 7.08. The molecule has 1 aromatic carbocycles. The summed E-state index contributed by atoms with van der Waals surface area (Å²) < 4.78 is 11.4. The maximum Gasteiger partial charge on any atom is 0.229 e. The Bertz CT molecular complexity index is 1370. The summed E-state index contributed by atoms with van der Waals surface area (Å²) in [6.45, 7) is 2.73. The van der Waals surface area contributed by atoms with E-state index in [1.807, 2.05) is 31.2 Å². The fourth-order valence-corrected chi connectivity index (χ4v) is 4.19. The smallest absolute Gasteiger partial charge is 0.229 e. The van der Waals surface area contributed by atoms with Crippen molar-refractivity contribution in [2.75, 3.05) is 18.5 Å². The van der Waals surface area contributed by atoms with Crippen molar-refractivity contribution in [3.63, 3.8) is 0 Å². The minimum atomic E-state index is -0.994. The minimum Gasteiger partial charge on any atom is -0.436 e. The van der Waals surface area contributed by atoms with Gasteiger partial charge in [-0.1, -0.05) is 6.07 Å². The first-order valence-electron chi connectivity index (χ1n) is 10.8. The first kappa shape index (κ1) is 19.3. The largest absolute Gasteiger partial charge is 0.436 e. The van der Waals surface area contributed by atoms with Gasteiger partial charge in [-0.15, -0.1) is 0 Å². The van der Waals surface area contributed by atoms with Gasteiger partial charge in [0.25, 0.3) is 0 Å². The average Bonchev–Trinajstić information content (AvgIpc) is 3.41. The van der Waals surface area contributed by atoms with Crippen molar-refractivity contribution < 1.29 is 19.1 Å². The molecule has 2 fully saturated rings. The molecule has 4 aromatic rings. The molecule has 162 valence electrons. The molecule has 8 heteroatoms. The third-order valence-corrected chi connectivity index (χ3v) is 6.33. The van der Waals surface area contributed by atoms with Crippen LogP contribution < -0.4 is 5.32 Å². The van der Waals surface area contributed by atoms with Gasteiger partial charge in [0, 0.05) is 47.8 Å². The van der Waals surface area contributed by atoms with E-state index in [-0.39, 0.29) is 18.4 Å². The van der Waals surface area contributed by atoms with E-state index in [0.717, 1.165) is 40.4 Å². The SMILES string of the molecule is Cc1ncc(-c2nc3cc(C4(O)CCOC4)ccc3o2)c2cc(NC(=O)C3CC3)ncc12.